The Kier molecular flexibility index (Phi) is 6.03. The minimum Gasteiger partial charge on any atom is -0.465 e. The molecule has 29 heavy (non-hydrogen) atoms. The maximum atomic E-state index is 11.5. The number of thiophene rings is 1. The highest BCUT2D eigenvalue weighted by molar-refractivity contribution is 7.10. The van der Waals surface area contributed by atoms with Crippen LogP contribution in [0.25, 0.3) is 11.4 Å². The fraction of sp³-hybridized carbons (Fsp3) is 0.381. The van der Waals surface area contributed by atoms with E-state index in [1.165, 1.54) is 7.11 Å². The summed E-state index contributed by atoms with van der Waals surface area (Å²) in [7, 11) is 1.35. The van der Waals surface area contributed by atoms with E-state index in [1.807, 2.05) is 17.5 Å². The molecule has 0 radical (unpaired) electrons. The Morgan fingerprint density at radius 1 is 1.31 bits per heavy atom. The molecule has 1 aromatic carbocycles. The van der Waals surface area contributed by atoms with Crippen LogP contribution in [0.1, 0.15) is 40.1 Å². The van der Waals surface area contributed by atoms with Gasteiger partial charge in [0, 0.05) is 10.4 Å². The van der Waals surface area contributed by atoms with Crippen LogP contribution in [0.15, 0.2) is 46.3 Å². The summed E-state index contributed by atoms with van der Waals surface area (Å²) < 4.78 is 10.1. The van der Waals surface area contributed by atoms with Crippen LogP contribution in [0.3, 0.4) is 0 Å². The number of piperidine rings is 1. The molecule has 1 saturated heterocycles. The number of methoxy groups -OCH3 is 1. The van der Waals surface area contributed by atoms with E-state index in [0.717, 1.165) is 36.4 Å². The molecule has 7 nitrogen and oxygen atoms in total. The van der Waals surface area contributed by atoms with Gasteiger partial charge in [-0.3, -0.25) is 4.90 Å². The molecule has 1 aliphatic heterocycles. The van der Waals surface area contributed by atoms with Crippen LogP contribution in [0.5, 0.6) is 0 Å². The number of likely N-dealkylation sites (tertiary alicyclic amines) is 1. The first-order chi connectivity index (χ1) is 14.1. The summed E-state index contributed by atoms with van der Waals surface area (Å²) in [4.78, 5) is 19.3. The number of benzene rings is 1. The zero-order valence-electron chi connectivity index (χ0n) is 16.2. The third kappa shape index (κ3) is 4.55. The van der Waals surface area contributed by atoms with Crippen molar-refractivity contribution < 1.29 is 19.2 Å². The lowest BCUT2D eigenvalue weighted by molar-refractivity contribution is 0.0559. The van der Waals surface area contributed by atoms with Crippen LogP contribution in [-0.4, -0.2) is 46.3 Å². The normalized spacial score (nSPS) is 16.6. The molecule has 0 spiro atoms. The number of nitrogens with zero attached hydrogens (tertiary/aromatic N) is 3. The number of carbonyl (C=O) groups excluding carboxylic acids is 1. The van der Waals surface area contributed by atoms with Crippen LogP contribution in [-0.2, 0) is 11.3 Å². The fourth-order valence-corrected chi connectivity index (χ4v) is 4.42. The van der Waals surface area contributed by atoms with Gasteiger partial charge in [0.25, 0.3) is 0 Å². The third-order valence-electron chi connectivity index (χ3n) is 5.30. The molecule has 0 amide bonds. The quantitative estimate of drug-likeness (QED) is 0.619. The highest BCUT2D eigenvalue weighted by Gasteiger charge is 2.27. The lowest BCUT2D eigenvalue weighted by Crippen LogP contribution is -2.35. The zero-order chi connectivity index (χ0) is 20.2. The van der Waals surface area contributed by atoms with E-state index in [-0.39, 0.29) is 18.0 Å². The number of rotatable bonds is 6. The average molecular weight is 413 g/mol. The Hall–Kier alpha value is -2.55. The summed E-state index contributed by atoms with van der Waals surface area (Å²) in [5, 5.41) is 16.6. The summed E-state index contributed by atoms with van der Waals surface area (Å²) in [5.41, 5.74) is 1.26. The lowest BCUT2D eigenvalue weighted by atomic mass is 9.90. The average Bonchev–Trinajstić information content (AvgIpc) is 3.46. The first kappa shape index (κ1) is 19.8. The molecule has 0 saturated carbocycles. The van der Waals surface area contributed by atoms with Gasteiger partial charge in [0.05, 0.1) is 25.3 Å². The second-order valence-corrected chi connectivity index (χ2v) is 8.13. The highest BCUT2D eigenvalue weighted by Crippen LogP contribution is 2.33. The van der Waals surface area contributed by atoms with Gasteiger partial charge in [-0.2, -0.15) is 4.98 Å². The SMILES string of the molecule is COC(=O)c1ccc(-c2noc(CN3CCC(C(O)c4cccs4)CC3)n2)cc1. The second-order valence-electron chi connectivity index (χ2n) is 7.15. The van der Waals surface area contributed by atoms with Gasteiger partial charge < -0.3 is 14.4 Å². The van der Waals surface area contributed by atoms with Crippen molar-refractivity contribution in [3.05, 3.63) is 58.1 Å². The standard InChI is InChI=1S/C21H23N3O4S/c1-27-21(26)16-6-4-15(5-7-16)20-22-18(28-23-20)13-24-10-8-14(9-11-24)19(25)17-3-2-12-29-17/h2-7,12,14,19,25H,8-11,13H2,1H3. The first-order valence-corrected chi connectivity index (χ1v) is 10.5. The molecule has 1 unspecified atom stereocenters. The van der Waals surface area contributed by atoms with E-state index >= 15 is 0 Å². The van der Waals surface area contributed by atoms with Gasteiger partial charge in [-0.05, 0) is 55.4 Å². The lowest BCUT2D eigenvalue weighted by Gasteiger charge is -2.33. The van der Waals surface area contributed by atoms with Gasteiger partial charge in [0.2, 0.25) is 11.7 Å². The number of hydrogen-bond acceptors (Lipinski definition) is 8. The van der Waals surface area contributed by atoms with E-state index in [2.05, 4.69) is 15.0 Å². The van der Waals surface area contributed by atoms with Crippen molar-refractivity contribution in [3.8, 4) is 11.4 Å². The van der Waals surface area contributed by atoms with E-state index < -0.39 is 0 Å². The van der Waals surface area contributed by atoms with Crippen LogP contribution >= 0.6 is 11.3 Å². The van der Waals surface area contributed by atoms with Crippen molar-refractivity contribution in [2.45, 2.75) is 25.5 Å². The minimum absolute atomic E-state index is 0.288. The number of aliphatic hydroxyl groups excluding tert-OH is 1. The molecule has 2 aromatic heterocycles. The fourth-order valence-electron chi connectivity index (χ4n) is 3.62. The van der Waals surface area contributed by atoms with Crippen LogP contribution < -0.4 is 0 Å². The molecule has 1 fully saturated rings. The van der Waals surface area contributed by atoms with Crippen LogP contribution in [0.2, 0.25) is 0 Å². The van der Waals surface area contributed by atoms with Crippen molar-refractivity contribution in [2.24, 2.45) is 5.92 Å². The van der Waals surface area contributed by atoms with Gasteiger partial charge in [0.1, 0.15) is 0 Å². The largest absolute Gasteiger partial charge is 0.465 e. The molecule has 0 bridgehead atoms. The topological polar surface area (TPSA) is 88.7 Å². The van der Waals surface area contributed by atoms with Gasteiger partial charge in [-0.15, -0.1) is 11.3 Å². The number of hydrogen-bond donors (Lipinski definition) is 1. The number of ether oxygens (including phenoxy) is 1. The molecule has 3 heterocycles. The summed E-state index contributed by atoms with van der Waals surface area (Å²) in [6.07, 6.45) is 1.50. The molecule has 1 N–H and O–H groups in total. The summed E-state index contributed by atoms with van der Waals surface area (Å²) in [5.74, 6) is 0.975. The molecular weight excluding hydrogens is 390 g/mol. The molecule has 8 heteroatoms. The van der Waals surface area contributed by atoms with Crippen LogP contribution in [0.4, 0.5) is 0 Å². The van der Waals surface area contributed by atoms with Gasteiger partial charge in [0.15, 0.2) is 0 Å². The Labute approximate surface area is 172 Å². The van der Waals surface area contributed by atoms with Crippen molar-refractivity contribution >= 4 is 17.3 Å². The van der Waals surface area contributed by atoms with Crippen molar-refractivity contribution in [2.75, 3.05) is 20.2 Å². The van der Waals surface area contributed by atoms with Crippen LogP contribution in [0, 0.1) is 5.92 Å². The monoisotopic (exact) mass is 413 g/mol. The van der Waals surface area contributed by atoms with E-state index in [0.29, 0.717) is 23.8 Å². The van der Waals surface area contributed by atoms with E-state index in [1.54, 1.807) is 35.6 Å². The Balaban J connectivity index is 1.32. The number of carbonyl (C=O) groups is 1. The molecule has 3 aromatic rings. The Morgan fingerprint density at radius 2 is 2.07 bits per heavy atom. The minimum atomic E-state index is -0.377. The molecular formula is C21H23N3O4S. The smallest absolute Gasteiger partial charge is 0.337 e. The molecule has 0 aliphatic carbocycles. The number of aromatic nitrogens is 2. The van der Waals surface area contributed by atoms with E-state index in [9.17, 15) is 9.90 Å². The van der Waals surface area contributed by atoms with Crippen molar-refractivity contribution in [3.63, 3.8) is 0 Å². The van der Waals surface area contributed by atoms with E-state index in [4.69, 9.17) is 9.26 Å². The zero-order valence-corrected chi connectivity index (χ0v) is 17.0. The molecule has 4 rings (SSSR count). The Bertz CT molecular complexity index is 931. The molecule has 1 atom stereocenters. The first-order valence-electron chi connectivity index (χ1n) is 9.59. The van der Waals surface area contributed by atoms with Gasteiger partial charge >= 0.3 is 5.97 Å². The molecule has 152 valence electrons. The van der Waals surface area contributed by atoms with Gasteiger partial charge in [-0.1, -0.05) is 23.4 Å². The third-order valence-corrected chi connectivity index (χ3v) is 6.25. The summed E-state index contributed by atoms with van der Waals surface area (Å²) >= 11 is 1.61. The van der Waals surface area contributed by atoms with Crippen molar-refractivity contribution in [1.82, 2.24) is 15.0 Å². The predicted molar refractivity (Wildman–Crippen MR) is 108 cm³/mol. The predicted octanol–water partition coefficient (Wildman–Crippen LogP) is 3.53. The summed E-state index contributed by atoms with van der Waals surface area (Å²) in [6, 6.07) is 10.9. The number of aliphatic hydroxyl groups is 1. The highest BCUT2D eigenvalue weighted by atomic mass is 32.1. The Morgan fingerprint density at radius 3 is 2.72 bits per heavy atom. The van der Waals surface area contributed by atoms with Gasteiger partial charge in [-0.25, -0.2) is 4.79 Å². The second kappa shape index (κ2) is 8.86. The number of esters is 1. The molecule has 1 aliphatic rings. The summed E-state index contributed by atoms with van der Waals surface area (Å²) in [6.45, 7) is 2.37. The van der Waals surface area contributed by atoms with Crippen molar-refractivity contribution in [1.29, 1.82) is 0 Å². The maximum absolute atomic E-state index is 11.5. The maximum Gasteiger partial charge on any atom is 0.337 e.